The number of rotatable bonds is 3. The van der Waals surface area contributed by atoms with Crippen molar-refractivity contribution in [2.45, 2.75) is 19.3 Å². The smallest absolute Gasteiger partial charge is 0.310 e. The van der Waals surface area contributed by atoms with E-state index in [9.17, 15) is 9.90 Å². The highest BCUT2D eigenvalue weighted by Crippen LogP contribution is 2.29. The standard InChI is InChI=1S/C10H11BrO3/c1-2-7(10(13)14)6-3-4-9(12)8(11)5-6/h3-5,7,12H,2H2,1H3,(H,13,14). The summed E-state index contributed by atoms with van der Waals surface area (Å²) in [5.74, 6) is -1.23. The highest BCUT2D eigenvalue weighted by molar-refractivity contribution is 9.10. The summed E-state index contributed by atoms with van der Waals surface area (Å²) in [4.78, 5) is 10.8. The van der Waals surface area contributed by atoms with Crippen molar-refractivity contribution in [3.05, 3.63) is 28.2 Å². The molecule has 1 unspecified atom stereocenters. The molecule has 0 fully saturated rings. The third kappa shape index (κ3) is 2.26. The lowest BCUT2D eigenvalue weighted by molar-refractivity contribution is -0.138. The van der Waals surface area contributed by atoms with Crippen molar-refractivity contribution in [3.63, 3.8) is 0 Å². The van der Waals surface area contributed by atoms with E-state index in [1.165, 1.54) is 6.07 Å². The van der Waals surface area contributed by atoms with E-state index in [4.69, 9.17) is 5.11 Å². The predicted octanol–water partition coefficient (Wildman–Crippen LogP) is 2.73. The van der Waals surface area contributed by atoms with Crippen LogP contribution in [0.5, 0.6) is 5.75 Å². The van der Waals surface area contributed by atoms with Crippen molar-refractivity contribution in [2.24, 2.45) is 0 Å². The molecule has 1 rings (SSSR count). The fourth-order valence-electron chi connectivity index (χ4n) is 1.29. The molecule has 76 valence electrons. The summed E-state index contributed by atoms with van der Waals surface area (Å²) in [6, 6.07) is 4.75. The zero-order valence-electron chi connectivity index (χ0n) is 7.70. The van der Waals surface area contributed by atoms with Gasteiger partial charge in [-0.05, 0) is 40.0 Å². The van der Waals surface area contributed by atoms with Crippen LogP contribution in [-0.2, 0) is 4.79 Å². The monoisotopic (exact) mass is 258 g/mol. The van der Waals surface area contributed by atoms with Crippen LogP contribution < -0.4 is 0 Å². The zero-order valence-corrected chi connectivity index (χ0v) is 9.28. The molecule has 0 saturated heterocycles. The first-order chi connectivity index (χ1) is 6.56. The number of benzene rings is 1. The number of halogens is 1. The van der Waals surface area contributed by atoms with Crippen LogP contribution in [-0.4, -0.2) is 16.2 Å². The first kappa shape index (κ1) is 11.0. The Morgan fingerprint density at radius 1 is 1.57 bits per heavy atom. The molecule has 1 aromatic carbocycles. The number of carboxylic acid groups (broad SMARTS) is 1. The molecular weight excluding hydrogens is 248 g/mol. The highest BCUT2D eigenvalue weighted by Gasteiger charge is 2.17. The fourth-order valence-corrected chi connectivity index (χ4v) is 1.69. The van der Waals surface area contributed by atoms with Gasteiger partial charge in [0.15, 0.2) is 0 Å². The maximum Gasteiger partial charge on any atom is 0.310 e. The lowest BCUT2D eigenvalue weighted by atomic mass is 9.97. The van der Waals surface area contributed by atoms with Crippen molar-refractivity contribution in [2.75, 3.05) is 0 Å². The molecule has 3 nitrogen and oxygen atoms in total. The van der Waals surface area contributed by atoms with Gasteiger partial charge in [0, 0.05) is 0 Å². The van der Waals surface area contributed by atoms with E-state index in [1.807, 2.05) is 6.92 Å². The molecule has 0 bridgehead atoms. The van der Waals surface area contributed by atoms with Crippen molar-refractivity contribution in [1.82, 2.24) is 0 Å². The Balaban J connectivity index is 3.06. The number of phenolic OH excluding ortho intramolecular Hbond substituents is 1. The van der Waals surface area contributed by atoms with Crippen LogP contribution in [0.25, 0.3) is 0 Å². The number of aromatic hydroxyl groups is 1. The van der Waals surface area contributed by atoms with Crippen molar-refractivity contribution in [1.29, 1.82) is 0 Å². The van der Waals surface area contributed by atoms with E-state index >= 15 is 0 Å². The Bertz CT molecular complexity index is 349. The van der Waals surface area contributed by atoms with Gasteiger partial charge in [-0.1, -0.05) is 13.0 Å². The molecule has 1 atom stereocenters. The third-order valence-electron chi connectivity index (χ3n) is 2.08. The average molecular weight is 259 g/mol. The van der Waals surface area contributed by atoms with Crippen LogP contribution >= 0.6 is 15.9 Å². The Morgan fingerprint density at radius 2 is 2.21 bits per heavy atom. The molecule has 14 heavy (non-hydrogen) atoms. The Hall–Kier alpha value is -1.03. The summed E-state index contributed by atoms with van der Waals surface area (Å²) in [5, 5.41) is 18.2. The van der Waals surface area contributed by atoms with Gasteiger partial charge in [-0.3, -0.25) is 4.79 Å². The van der Waals surface area contributed by atoms with Gasteiger partial charge >= 0.3 is 5.97 Å². The van der Waals surface area contributed by atoms with Crippen LogP contribution in [0.4, 0.5) is 0 Å². The number of phenols is 1. The van der Waals surface area contributed by atoms with E-state index < -0.39 is 11.9 Å². The van der Waals surface area contributed by atoms with Gasteiger partial charge in [-0.15, -0.1) is 0 Å². The van der Waals surface area contributed by atoms with Crippen LogP contribution in [0.1, 0.15) is 24.8 Å². The first-order valence-corrected chi connectivity index (χ1v) is 5.06. The van der Waals surface area contributed by atoms with Gasteiger partial charge < -0.3 is 10.2 Å². The van der Waals surface area contributed by atoms with E-state index in [0.717, 1.165) is 0 Å². The minimum absolute atomic E-state index is 0.119. The second kappa shape index (κ2) is 4.46. The van der Waals surface area contributed by atoms with E-state index in [2.05, 4.69) is 15.9 Å². The van der Waals surface area contributed by atoms with Gasteiger partial charge in [-0.25, -0.2) is 0 Å². The van der Waals surface area contributed by atoms with Crippen molar-refractivity contribution >= 4 is 21.9 Å². The molecule has 0 spiro atoms. The molecule has 0 aliphatic carbocycles. The largest absolute Gasteiger partial charge is 0.507 e. The fraction of sp³-hybridized carbons (Fsp3) is 0.300. The topological polar surface area (TPSA) is 57.5 Å². The molecule has 0 saturated carbocycles. The molecule has 0 radical (unpaired) electrons. The number of carbonyl (C=O) groups is 1. The van der Waals surface area contributed by atoms with Crippen LogP contribution in [0.15, 0.2) is 22.7 Å². The van der Waals surface area contributed by atoms with Gasteiger partial charge in [-0.2, -0.15) is 0 Å². The van der Waals surface area contributed by atoms with Crippen molar-refractivity contribution in [3.8, 4) is 5.75 Å². The molecule has 4 heteroatoms. The predicted molar refractivity (Wildman–Crippen MR) is 56.5 cm³/mol. The molecule has 0 aromatic heterocycles. The number of aliphatic carboxylic acids is 1. The van der Waals surface area contributed by atoms with Gasteiger partial charge in [0.2, 0.25) is 0 Å². The molecule has 0 amide bonds. The number of hydrogen-bond donors (Lipinski definition) is 2. The second-order valence-electron chi connectivity index (χ2n) is 3.01. The van der Waals surface area contributed by atoms with Gasteiger partial charge in [0.25, 0.3) is 0 Å². The lowest BCUT2D eigenvalue weighted by Gasteiger charge is -2.10. The van der Waals surface area contributed by atoms with E-state index in [0.29, 0.717) is 16.5 Å². The molecular formula is C10H11BrO3. The normalized spacial score (nSPS) is 12.4. The van der Waals surface area contributed by atoms with E-state index in [-0.39, 0.29) is 5.75 Å². The maximum atomic E-state index is 10.8. The summed E-state index contributed by atoms with van der Waals surface area (Å²) in [6.07, 6.45) is 0.534. The summed E-state index contributed by atoms with van der Waals surface area (Å²) in [5.41, 5.74) is 0.699. The zero-order chi connectivity index (χ0) is 10.7. The maximum absolute atomic E-state index is 10.8. The van der Waals surface area contributed by atoms with Crippen molar-refractivity contribution < 1.29 is 15.0 Å². The molecule has 2 N–H and O–H groups in total. The second-order valence-corrected chi connectivity index (χ2v) is 3.86. The Kier molecular flexibility index (Phi) is 3.52. The Morgan fingerprint density at radius 3 is 2.64 bits per heavy atom. The van der Waals surface area contributed by atoms with Gasteiger partial charge in [0.05, 0.1) is 10.4 Å². The van der Waals surface area contributed by atoms with Gasteiger partial charge in [0.1, 0.15) is 5.75 Å². The summed E-state index contributed by atoms with van der Waals surface area (Å²) < 4.78 is 0.523. The van der Waals surface area contributed by atoms with E-state index in [1.54, 1.807) is 12.1 Å². The average Bonchev–Trinajstić information content (AvgIpc) is 2.11. The summed E-state index contributed by atoms with van der Waals surface area (Å²) in [6.45, 7) is 1.82. The minimum atomic E-state index is -0.843. The Labute approximate surface area is 90.5 Å². The number of hydrogen-bond acceptors (Lipinski definition) is 2. The highest BCUT2D eigenvalue weighted by atomic mass is 79.9. The molecule has 0 aliphatic heterocycles. The van der Waals surface area contributed by atoms with Crippen LogP contribution in [0.3, 0.4) is 0 Å². The van der Waals surface area contributed by atoms with Crippen LogP contribution in [0.2, 0.25) is 0 Å². The lowest BCUT2D eigenvalue weighted by Crippen LogP contribution is -2.10. The molecule has 1 aromatic rings. The third-order valence-corrected chi connectivity index (χ3v) is 2.72. The van der Waals surface area contributed by atoms with Crippen LogP contribution in [0, 0.1) is 0 Å². The summed E-state index contributed by atoms with van der Waals surface area (Å²) in [7, 11) is 0. The SMILES string of the molecule is CCC(C(=O)O)c1ccc(O)c(Br)c1. The molecule has 0 aliphatic rings. The quantitative estimate of drug-likeness (QED) is 0.877. The minimum Gasteiger partial charge on any atom is -0.507 e. The molecule has 0 heterocycles. The number of carboxylic acids is 1. The first-order valence-electron chi connectivity index (χ1n) is 4.27. The summed E-state index contributed by atoms with van der Waals surface area (Å²) >= 11 is 3.15.